The smallest absolute Gasteiger partial charge is 0.308 e. The highest BCUT2D eigenvalue weighted by Crippen LogP contribution is 2.40. The molecule has 0 radical (unpaired) electrons. The quantitative estimate of drug-likeness (QED) is 0.0928. The number of carbonyl (C=O) groups is 1. The van der Waals surface area contributed by atoms with Gasteiger partial charge in [-0.25, -0.2) is 0 Å². The van der Waals surface area contributed by atoms with Crippen LogP contribution in [0, 0.1) is 6.92 Å². The number of unbranched alkanes of at least 4 members (excludes halogenated alkanes) is 9. The van der Waals surface area contributed by atoms with Crippen LogP contribution in [0.2, 0.25) is 0 Å². The van der Waals surface area contributed by atoms with Gasteiger partial charge in [0.2, 0.25) is 5.75 Å². The molecule has 0 amide bonds. The van der Waals surface area contributed by atoms with Crippen molar-refractivity contribution in [1.29, 1.82) is 0 Å². The molecule has 43 heavy (non-hydrogen) atoms. The van der Waals surface area contributed by atoms with Crippen LogP contribution in [0.3, 0.4) is 0 Å². The minimum Gasteiger partial charge on any atom is -0.493 e. The first-order valence-electron chi connectivity index (χ1n) is 15.9. The third-order valence-corrected chi connectivity index (χ3v) is 8.35. The zero-order chi connectivity index (χ0) is 29.5. The van der Waals surface area contributed by atoms with Crippen LogP contribution in [-0.4, -0.2) is 62.2 Å². The molecule has 0 bridgehead atoms. The Bertz CT molecular complexity index is 1050. The van der Waals surface area contributed by atoms with Crippen LogP contribution < -0.4 is 14.2 Å². The van der Waals surface area contributed by atoms with Crippen molar-refractivity contribution in [2.24, 2.45) is 0 Å². The average Bonchev–Trinajstić information content (AvgIpc) is 2.96. The number of hydrogen-bond donors (Lipinski definition) is 0. The maximum Gasteiger partial charge on any atom is 0.308 e. The number of rotatable bonds is 18. The second-order valence-electron chi connectivity index (χ2n) is 11.8. The second-order valence-corrected chi connectivity index (χ2v) is 11.8. The van der Waals surface area contributed by atoms with E-state index in [1.54, 1.807) is 14.2 Å². The number of methoxy groups -OCH3 is 2. The molecule has 0 saturated carbocycles. The van der Waals surface area contributed by atoms with Gasteiger partial charge in [-0.1, -0.05) is 87.3 Å². The summed E-state index contributed by atoms with van der Waals surface area (Å²) in [6, 6.07) is 13.4. The SMILES string of the molecule is COc1ccc(CN2CCN(CCCCCCCCCCCCc3ccc(C)cc3)C(C)C2)c(OC(C)=O)c1OC.Cl.Cl. The molecule has 0 aliphatic carbocycles. The Hall–Kier alpha value is -1.99. The molecule has 244 valence electrons. The van der Waals surface area contributed by atoms with E-state index in [2.05, 4.69) is 47.9 Å². The number of nitrogens with zero attached hydrogens (tertiary/aromatic N) is 2. The number of benzene rings is 2. The first-order chi connectivity index (χ1) is 19.9. The number of piperazine rings is 1. The molecule has 1 unspecified atom stereocenters. The molecule has 1 heterocycles. The highest BCUT2D eigenvalue weighted by molar-refractivity contribution is 5.85. The Morgan fingerprint density at radius 1 is 0.791 bits per heavy atom. The fourth-order valence-electron chi connectivity index (χ4n) is 5.92. The summed E-state index contributed by atoms with van der Waals surface area (Å²) in [5.74, 6) is 1.14. The molecule has 0 N–H and O–H groups in total. The van der Waals surface area contributed by atoms with Gasteiger partial charge in [0.05, 0.1) is 14.2 Å². The van der Waals surface area contributed by atoms with E-state index < -0.39 is 0 Å². The number of carbonyl (C=O) groups excluding carboxylic acids is 1. The highest BCUT2D eigenvalue weighted by atomic mass is 35.5. The van der Waals surface area contributed by atoms with E-state index in [0.29, 0.717) is 29.8 Å². The molecule has 6 nitrogen and oxygen atoms in total. The molecule has 2 aromatic carbocycles. The second kappa shape index (κ2) is 21.7. The summed E-state index contributed by atoms with van der Waals surface area (Å²) in [6.45, 7) is 10.9. The topological polar surface area (TPSA) is 51.2 Å². The van der Waals surface area contributed by atoms with Crippen molar-refractivity contribution in [3.8, 4) is 17.2 Å². The van der Waals surface area contributed by atoms with Gasteiger partial charge in [0, 0.05) is 44.7 Å². The molecule has 1 aliphatic rings. The van der Waals surface area contributed by atoms with Gasteiger partial charge in [-0.15, -0.1) is 24.8 Å². The average molecular weight is 640 g/mol. The molecular formula is C35H56Cl2N2O4. The van der Waals surface area contributed by atoms with Crippen molar-refractivity contribution in [2.75, 3.05) is 40.4 Å². The van der Waals surface area contributed by atoms with Crippen LogP contribution in [0.15, 0.2) is 36.4 Å². The summed E-state index contributed by atoms with van der Waals surface area (Å²) in [7, 11) is 3.16. The molecule has 0 aromatic heterocycles. The van der Waals surface area contributed by atoms with Gasteiger partial charge in [0.25, 0.3) is 0 Å². The van der Waals surface area contributed by atoms with Crippen LogP contribution in [-0.2, 0) is 17.8 Å². The Balaban J connectivity index is 0.00000462. The highest BCUT2D eigenvalue weighted by Gasteiger charge is 2.26. The lowest BCUT2D eigenvalue weighted by atomic mass is 10.0. The Morgan fingerprint density at radius 3 is 1.95 bits per heavy atom. The van der Waals surface area contributed by atoms with Crippen molar-refractivity contribution in [3.05, 3.63) is 53.1 Å². The summed E-state index contributed by atoms with van der Waals surface area (Å²) in [5, 5.41) is 0. The lowest BCUT2D eigenvalue weighted by molar-refractivity contribution is -0.132. The number of aryl methyl sites for hydroxylation is 2. The first-order valence-corrected chi connectivity index (χ1v) is 15.9. The van der Waals surface area contributed by atoms with Crippen LogP contribution in [0.5, 0.6) is 17.2 Å². The molecule has 1 aliphatic heterocycles. The molecule has 1 atom stereocenters. The van der Waals surface area contributed by atoms with Crippen molar-refractivity contribution in [2.45, 2.75) is 104 Å². The van der Waals surface area contributed by atoms with E-state index >= 15 is 0 Å². The van der Waals surface area contributed by atoms with E-state index in [4.69, 9.17) is 14.2 Å². The van der Waals surface area contributed by atoms with Crippen LogP contribution in [0.1, 0.15) is 94.7 Å². The Labute approximate surface area is 273 Å². The number of ether oxygens (including phenoxy) is 3. The van der Waals surface area contributed by atoms with Gasteiger partial charge in [0.1, 0.15) is 0 Å². The minimum atomic E-state index is -0.361. The third kappa shape index (κ3) is 13.7. The number of esters is 1. The molecule has 2 aromatic rings. The van der Waals surface area contributed by atoms with Gasteiger partial charge < -0.3 is 14.2 Å². The summed E-state index contributed by atoms with van der Waals surface area (Å²) in [5.41, 5.74) is 3.78. The lowest BCUT2D eigenvalue weighted by Gasteiger charge is -2.40. The summed E-state index contributed by atoms with van der Waals surface area (Å²) in [6.07, 6.45) is 14.8. The third-order valence-electron chi connectivity index (χ3n) is 8.35. The van der Waals surface area contributed by atoms with Gasteiger partial charge >= 0.3 is 5.97 Å². The largest absolute Gasteiger partial charge is 0.493 e. The van der Waals surface area contributed by atoms with Crippen molar-refractivity contribution in [3.63, 3.8) is 0 Å². The van der Waals surface area contributed by atoms with Crippen LogP contribution >= 0.6 is 24.8 Å². The number of hydrogen-bond acceptors (Lipinski definition) is 6. The standard InChI is InChI=1S/C35H54N2O4.2ClH/c1-28-17-19-31(20-18-28)16-14-12-10-8-6-7-9-11-13-15-23-37-25-24-36(26-29(37)2)27-32-21-22-33(39-4)35(40-5)34(32)41-30(3)38;;/h17-22,29H,6-16,23-27H2,1-5H3;2*1H. The maximum absolute atomic E-state index is 11.8. The summed E-state index contributed by atoms with van der Waals surface area (Å²) in [4.78, 5) is 16.9. The lowest BCUT2D eigenvalue weighted by Crippen LogP contribution is -2.51. The van der Waals surface area contributed by atoms with E-state index in [1.165, 1.54) is 95.2 Å². The zero-order valence-electron chi connectivity index (χ0n) is 27.2. The van der Waals surface area contributed by atoms with E-state index in [0.717, 1.165) is 25.2 Å². The molecule has 1 fully saturated rings. The van der Waals surface area contributed by atoms with E-state index in [1.807, 2.05) is 12.1 Å². The summed E-state index contributed by atoms with van der Waals surface area (Å²) < 4.78 is 16.5. The fourth-order valence-corrected chi connectivity index (χ4v) is 5.92. The van der Waals surface area contributed by atoms with Gasteiger partial charge in [0.15, 0.2) is 11.5 Å². The monoisotopic (exact) mass is 638 g/mol. The Kier molecular flexibility index (Phi) is 19.7. The molecule has 0 spiro atoms. The Morgan fingerprint density at radius 2 is 1.40 bits per heavy atom. The van der Waals surface area contributed by atoms with Gasteiger partial charge in [-0.05, 0) is 51.3 Å². The van der Waals surface area contributed by atoms with Crippen LogP contribution in [0.4, 0.5) is 0 Å². The van der Waals surface area contributed by atoms with Crippen molar-refractivity contribution < 1.29 is 19.0 Å². The van der Waals surface area contributed by atoms with Gasteiger partial charge in [-0.2, -0.15) is 0 Å². The predicted molar refractivity (Wildman–Crippen MR) is 183 cm³/mol. The van der Waals surface area contributed by atoms with Gasteiger partial charge in [-0.3, -0.25) is 14.6 Å². The molecule has 1 saturated heterocycles. The minimum absolute atomic E-state index is 0. The number of halogens is 2. The molecule has 3 rings (SSSR count). The van der Waals surface area contributed by atoms with Crippen molar-refractivity contribution in [1.82, 2.24) is 9.80 Å². The maximum atomic E-state index is 11.8. The van der Waals surface area contributed by atoms with Crippen LogP contribution in [0.25, 0.3) is 0 Å². The van der Waals surface area contributed by atoms with E-state index in [9.17, 15) is 4.79 Å². The molecular weight excluding hydrogens is 583 g/mol. The summed E-state index contributed by atoms with van der Waals surface area (Å²) >= 11 is 0. The zero-order valence-corrected chi connectivity index (χ0v) is 28.8. The fraction of sp³-hybridized carbons (Fsp3) is 0.629. The van der Waals surface area contributed by atoms with Crippen molar-refractivity contribution >= 4 is 30.8 Å². The van der Waals surface area contributed by atoms with E-state index in [-0.39, 0.29) is 30.8 Å². The molecule has 8 heteroatoms. The normalized spacial score (nSPS) is 15.3. The first kappa shape index (κ1) is 39.0. The predicted octanol–water partition coefficient (Wildman–Crippen LogP) is 8.43.